The van der Waals surface area contributed by atoms with Gasteiger partial charge in [-0.3, -0.25) is 0 Å². The van der Waals surface area contributed by atoms with E-state index in [-0.39, 0.29) is 13.4 Å². The van der Waals surface area contributed by atoms with Gasteiger partial charge in [0.25, 0.3) is 6.71 Å². The van der Waals surface area contributed by atoms with Gasteiger partial charge in [0.15, 0.2) is 8.07 Å². The van der Waals surface area contributed by atoms with E-state index in [0.717, 1.165) is 17.2 Å². The molecule has 0 fully saturated rings. The largest absolute Gasteiger partial charge is 0.458 e. The van der Waals surface area contributed by atoms with Crippen molar-refractivity contribution in [2.75, 3.05) is 4.90 Å². The molecule has 2 nitrogen and oxygen atoms in total. The smallest absolute Gasteiger partial charge is 0.253 e. The monoisotopic (exact) mass is 867 g/mol. The summed E-state index contributed by atoms with van der Waals surface area (Å²) in [6, 6.07) is 73.1. The van der Waals surface area contributed by atoms with E-state index in [1.807, 2.05) is 11.8 Å². The van der Waals surface area contributed by atoms with Gasteiger partial charge in [0.05, 0.1) is 5.69 Å². The van der Waals surface area contributed by atoms with E-state index >= 15 is 0 Å². The highest BCUT2D eigenvalue weighted by atomic mass is 32.2. The lowest BCUT2D eigenvalue weighted by Gasteiger charge is -2.45. The molecule has 3 aliphatic heterocycles. The Bertz CT molecular complexity index is 3240. The standard InChI is InChI=1S/C59H47B2NOSSi/c1-38-33-41(4)58(42(5)34-38)60(57-39(2)19-18-20-40(57)3)43-31-32-47-51(35-43)63-52-36-44(37-54-59(52)61(47)48-25-12-15-28-53(48)64-54)62-49-26-13-16-29-55(49)65(45-21-8-6-9-22-45,46-23-10-7-11-24-46)56-30-17-14-27-50(56)62/h6-37H,1-5H3. The predicted octanol–water partition coefficient (Wildman–Crippen LogP) is 7.99. The molecule has 0 atom stereocenters. The number of nitrogens with zero attached hydrogens (tertiary/aromatic N) is 1. The van der Waals surface area contributed by atoms with E-state index < -0.39 is 8.07 Å². The molecule has 65 heavy (non-hydrogen) atoms. The summed E-state index contributed by atoms with van der Waals surface area (Å²) in [5.74, 6) is 1.86. The summed E-state index contributed by atoms with van der Waals surface area (Å²) in [7, 11) is -2.77. The molecular formula is C59H47B2NOSSi. The fourth-order valence-corrected chi connectivity index (χ4v) is 18.1. The van der Waals surface area contributed by atoms with E-state index in [1.54, 1.807) is 0 Å². The maximum atomic E-state index is 7.40. The van der Waals surface area contributed by atoms with Crippen molar-refractivity contribution in [3.63, 3.8) is 0 Å². The summed E-state index contributed by atoms with van der Waals surface area (Å²) in [5, 5.41) is 5.53. The summed E-state index contributed by atoms with van der Waals surface area (Å²) >= 11 is 1.87. The summed E-state index contributed by atoms with van der Waals surface area (Å²) < 4.78 is 7.40. The molecule has 0 aliphatic carbocycles. The van der Waals surface area contributed by atoms with Crippen LogP contribution in [0.1, 0.15) is 27.8 Å². The van der Waals surface area contributed by atoms with Crippen molar-refractivity contribution in [2.24, 2.45) is 0 Å². The second kappa shape index (κ2) is 15.5. The van der Waals surface area contributed by atoms with Gasteiger partial charge < -0.3 is 9.64 Å². The summed E-state index contributed by atoms with van der Waals surface area (Å²) in [6.07, 6.45) is 0. The van der Waals surface area contributed by atoms with Crippen LogP contribution in [0, 0.1) is 34.6 Å². The number of aryl methyl sites for hydroxylation is 5. The summed E-state index contributed by atoms with van der Waals surface area (Å²) in [6.45, 7) is 11.4. The van der Waals surface area contributed by atoms with Gasteiger partial charge in [-0.2, -0.15) is 0 Å². The van der Waals surface area contributed by atoms with Crippen molar-refractivity contribution >= 4 is 104 Å². The number of ether oxygens (including phenoxy) is 1. The molecule has 0 bridgehead atoms. The third kappa shape index (κ3) is 6.11. The summed E-state index contributed by atoms with van der Waals surface area (Å²) in [5.41, 5.74) is 17.9. The van der Waals surface area contributed by atoms with Crippen LogP contribution in [0.25, 0.3) is 0 Å². The minimum absolute atomic E-state index is 0.0444. The minimum atomic E-state index is -2.77. The molecule has 3 aliphatic rings. The average molecular weight is 868 g/mol. The molecule has 0 aromatic heterocycles. The molecule has 9 aromatic carbocycles. The molecule has 0 spiro atoms. The zero-order valence-corrected chi connectivity index (χ0v) is 39.2. The number of anilines is 3. The van der Waals surface area contributed by atoms with E-state index in [0.29, 0.717) is 0 Å². The number of hydrogen-bond acceptors (Lipinski definition) is 3. The van der Waals surface area contributed by atoms with Gasteiger partial charge in [-0.05, 0) is 96.6 Å². The van der Waals surface area contributed by atoms with Crippen LogP contribution in [-0.4, -0.2) is 21.5 Å². The Hall–Kier alpha value is -6.72. The highest BCUT2D eigenvalue weighted by molar-refractivity contribution is 8.00. The van der Waals surface area contributed by atoms with Crippen LogP contribution >= 0.6 is 11.8 Å². The molecule has 0 unspecified atom stereocenters. The van der Waals surface area contributed by atoms with Crippen molar-refractivity contribution in [1.29, 1.82) is 0 Å². The van der Waals surface area contributed by atoms with Gasteiger partial charge in [0.2, 0.25) is 6.71 Å². The third-order valence-corrected chi connectivity index (χ3v) is 20.4. The van der Waals surface area contributed by atoms with Crippen molar-refractivity contribution in [3.8, 4) is 11.5 Å². The zero-order valence-electron chi connectivity index (χ0n) is 37.4. The Morgan fingerprint density at radius 3 is 1.69 bits per heavy atom. The zero-order chi connectivity index (χ0) is 44.0. The maximum absolute atomic E-state index is 7.40. The maximum Gasteiger partial charge on any atom is 0.253 e. The Balaban J connectivity index is 1.07. The number of rotatable bonds is 6. The van der Waals surface area contributed by atoms with Gasteiger partial charge in [-0.25, -0.2) is 0 Å². The quantitative estimate of drug-likeness (QED) is 0.158. The molecule has 0 N–H and O–H groups in total. The number of hydrogen-bond donors (Lipinski definition) is 0. The van der Waals surface area contributed by atoms with Gasteiger partial charge in [-0.15, -0.1) is 0 Å². The second-order valence-corrected chi connectivity index (χ2v) is 23.0. The summed E-state index contributed by atoms with van der Waals surface area (Å²) in [4.78, 5) is 5.05. The molecule has 0 saturated heterocycles. The first kappa shape index (κ1) is 39.8. The third-order valence-electron chi connectivity index (χ3n) is 14.4. The van der Waals surface area contributed by atoms with Crippen LogP contribution in [0.5, 0.6) is 11.5 Å². The average Bonchev–Trinajstić information content (AvgIpc) is 3.32. The van der Waals surface area contributed by atoms with Gasteiger partial charge in [0, 0.05) is 27.2 Å². The molecule has 0 radical (unpaired) electrons. The molecule has 310 valence electrons. The van der Waals surface area contributed by atoms with Crippen molar-refractivity contribution < 1.29 is 4.74 Å². The lowest BCUT2D eigenvalue weighted by Crippen LogP contribution is -2.77. The van der Waals surface area contributed by atoms with Gasteiger partial charge >= 0.3 is 0 Å². The number of para-hydroxylation sites is 2. The van der Waals surface area contributed by atoms with Crippen LogP contribution in [0.4, 0.5) is 17.1 Å². The van der Waals surface area contributed by atoms with E-state index in [9.17, 15) is 0 Å². The molecule has 0 amide bonds. The highest BCUT2D eigenvalue weighted by Crippen LogP contribution is 2.44. The Morgan fingerprint density at radius 2 is 1.05 bits per heavy atom. The molecule has 12 rings (SSSR count). The van der Waals surface area contributed by atoms with Crippen LogP contribution in [0.2, 0.25) is 0 Å². The number of fused-ring (bicyclic) bond motifs is 6. The van der Waals surface area contributed by atoms with Crippen LogP contribution in [0.3, 0.4) is 0 Å². The first-order valence-electron chi connectivity index (χ1n) is 22.8. The van der Waals surface area contributed by atoms with Crippen LogP contribution in [0.15, 0.2) is 204 Å². The van der Waals surface area contributed by atoms with E-state index in [1.165, 1.54) is 103 Å². The number of benzene rings is 9. The molecule has 9 aromatic rings. The second-order valence-electron chi connectivity index (χ2n) is 18.2. The van der Waals surface area contributed by atoms with Crippen molar-refractivity contribution in [3.05, 3.63) is 222 Å². The van der Waals surface area contributed by atoms with Gasteiger partial charge in [0.1, 0.15) is 11.5 Å². The predicted molar refractivity (Wildman–Crippen MR) is 281 cm³/mol. The Kier molecular flexibility index (Phi) is 9.48. The molecule has 3 heterocycles. The first-order valence-corrected chi connectivity index (χ1v) is 25.6. The van der Waals surface area contributed by atoms with E-state index in [2.05, 4.69) is 234 Å². The highest BCUT2D eigenvalue weighted by Gasteiger charge is 2.49. The fraction of sp³-hybridized carbons (Fsp3) is 0.0847. The lowest BCUT2D eigenvalue weighted by atomic mass is 9.32. The van der Waals surface area contributed by atoms with Gasteiger partial charge in [-0.1, -0.05) is 219 Å². The van der Waals surface area contributed by atoms with Crippen LogP contribution in [-0.2, 0) is 0 Å². The van der Waals surface area contributed by atoms with Crippen molar-refractivity contribution in [1.82, 2.24) is 0 Å². The minimum Gasteiger partial charge on any atom is -0.458 e. The normalized spacial score (nSPS) is 13.7. The van der Waals surface area contributed by atoms with Crippen LogP contribution < -0.4 is 63.2 Å². The Labute approximate surface area is 389 Å². The molecule has 0 saturated carbocycles. The fourth-order valence-electron chi connectivity index (χ4n) is 11.9. The molecular weight excluding hydrogens is 820 g/mol. The Morgan fingerprint density at radius 1 is 0.477 bits per heavy atom. The first-order chi connectivity index (χ1) is 31.8. The van der Waals surface area contributed by atoms with E-state index in [4.69, 9.17) is 4.74 Å². The SMILES string of the molecule is Cc1cc(C)c(B(c2ccc3c(c2)Oc2cc(N4c5ccccc5[Si](c5ccccc5)(c5ccccc5)c5ccccc54)cc4c2B3c2ccccc2S4)c2c(C)cccc2C)c(C)c1. The van der Waals surface area contributed by atoms with Crippen molar-refractivity contribution in [2.45, 2.75) is 44.4 Å². The molecule has 6 heteroatoms. The lowest BCUT2D eigenvalue weighted by molar-refractivity contribution is 0.487. The topological polar surface area (TPSA) is 12.5 Å².